The normalized spacial score (nSPS) is 51.7. The summed E-state index contributed by atoms with van der Waals surface area (Å²) >= 11 is 0. The van der Waals surface area contributed by atoms with E-state index in [0.29, 0.717) is 0 Å². The average Bonchev–Trinajstić information content (AvgIpc) is 2.54. The maximum Gasteiger partial charge on any atom is 0.186 e. The van der Waals surface area contributed by atoms with E-state index in [2.05, 4.69) is 0 Å². The van der Waals surface area contributed by atoms with E-state index < -0.39 is 67.9 Å². The maximum atomic E-state index is 9.89. The van der Waals surface area contributed by atoms with Crippen LogP contribution < -0.4 is 11.5 Å². The van der Waals surface area contributed by atoms with Gasteiger partial charge in [0.25, 0.3) is 0 Å². The molecule has 0 bridgehead atoms. The van der Waals surface area contributed by atoms with Crippen LogP contribution in [0.1, 0.15) is 0 Å². The summed E-state index contributed by atoms with van der Waals surface area (Å²) < 4.78 is 15.6. The summed E-state index contributed by atoms with van der Waals surface area (Å²) in [5, 5.41) is 57.9. The molecule has 10 N–H and O–H groups in total. The molecule has 2 rings (SSSR count). The van der Waals surface area contributed by atoms with Crippen LogP contribution in [0.2, 0.25) is 0 Å². The standard InChI is InChI=1S/C12H24N2O9/c13-5-8(18)7(17)4(22-11(5)14)2-21-12-10(20)9(19)6(16)3(1-15)23-12/h3-12,15-20H,1-2,13-14H2. The zero-order valence-corrected chi connectivity index (χ0v) is 12.3. The minimum atomic E-state index is -1.58. The number of nitrogens with two attached hydrogens (primary N) is 2. The van der Waals surface area contributed by atoms with Crippen molar-refractivity contribution in [3.63, 3.8) is 0 Å². The van der Waals surface area contributed by atoms with Crippen molar-refractivity contribution < 1.29 is 44.8 Å². The Balaban J connectivity index is 1.94. The topological polar surface area (TPSA) is 201 Å². The Morgan fingerprint density at radius 1 is 0.783 bits per heavy atom. The monoisotopic (exact) mass is 340 g/mol. The molecule has 2 saturated heterocycles. The van der Waals surface area contributed by atoms with E-state index in [-0.39, 0.29) is 6.61 Å². The molecule has 23 heavy (non-hydrogen) atoms. The molecule has 10 atom stereocenters. The lowest BCUT2D eigenvalue weighted by Crippen LogP contribution is -2.65. The van der Waals surface area contributed by atoms with Crippen LogP contribution in [0.5, 0.6) is 0 Å². The Kier molecular flexibility index (Phi) is 6.27. The minimum absolute atomic E-state index is 0.332. The largest absolute Gasteiger partial charge is 0.394 e. The Hall–Kier alpha value is -0.440. The van der Waals surface area contributed by atoms with Gasteiger partial charge in [0.15, 0.2) is 6.29 Å². The average molecular weight is 340 g/mol. The second-order valence-corrected chi connectivity index (χ2v) is 5.73. The molecule has 10 unspecified atom stereocenters. The summed E-state index contributed by atoms with van der Waals surface area (Å²) in [5.74, 6) is 0. The molecule has 0 radical (unpaired) electrons. The predicted octanol–water partition coefficient (Wildman–Crippen LogP) is -5.46. The summed E-state index contributed by atoms with van der Waals surface area (Å²) in [6.07, 6.45) is -11.9. The summed E-state index contributed by atoms with van der Waals surface area (Å²) in [6.45, 7) is -0.923. The van der Waals surface area contributed by atoms with Crippen LogP contribution in [0.15, 0.2) is 0 Å². The highest BCUT2D eigenvalue weighted by molar-refractivity contribution is 4.93. The van der Waals surface area contributed by atoms with E-state index in [4.69, 9.17) is 30.8 Å². The van der Waals surface area contributed by atoms with Gasteiger partial charge in [-0.15, -0.1) is 0 Å². The Labute approximate surface area is 132 Å². The molecule has 0 aromatic carbocycles. The predicted molar refractivity (Wildman–Crippen MR) is 72.6 cm³/mol. The lowest BCUT2D eigenvalue weighted by atomic mass is 9.97. The van der Waals surface area contributed by atoms with Gasteiger partial charge < -0.3 is 56.3 Å². The first-order valence-electron chi connectivity index (χ1n) is 7.22. The fraction of sp³-hybridized carbons (Fsp3) is 1.00. The highest BCUT2D eigenvalue weighted by Crippen LogP contribution is 2.24. The highest BCUT2D eigenvalue weighted by Gasteiger charge is 2.46. The molecule has 11 nitrogen and oxygen atoms in total. The van der Waals surface area contributed by atoms with E-state index >= 15 is 0 Å². The first kappa shape index (κ1) is 18.9. The highest BCUT2D eigenvalue weighted by atomic mass is 16.7. The fourth-order valence-corrected chi connectivity index (χ4v) is 2.55. The zero-order chi connectivity index (χ0) is 17.3. The van der Waals surface area contributed by atoms with Gasteiger partial charge in [-0.25, -0.2) is 0 Å². The van der Waals surface area contributed by atoms with Crippen LogP contribution in [-0.2, 0) is 14.2 Å². The zero-order valence-electron chi connectivity index (χ0n) is 12.3. The van der Waals surface area contributed by atoms with Crippen molar-refractivity contribution in [3.8, 4) is 0 Å². The van der Waals surface area contributed by atoms with E-state index in [1.54, 1.807) is 0 Å². The van der Waals surface area contributed by atoms with Crippen LogP contribution in [0.25, 0.3) is 0 Å². The third-order valence-corrected chi connectivity index (χ3v) is 4.11. The smallest absolute Gasteiger partial charge is 0.186 e. The van der Waals surface area contributed by atoms with Gasteiger partial charge in [0, 0.05) is 0 Å². The molecule has 2 aliphatic rings. The van der Waals surface area contributed by atoms with Crippen molar-refractivity contribution in [1.29, 1.82) is 0 Å². The second-order valence-electron chi connectivity index (χ2n) is 5.73. The van der Waals surface area contributed by atoms with Gasteiger partial charge in [-0.3, -0.25) is 0 Å². The van der Waals surface area contributed by atoms with Crippen LogP contribution in [0.3, 0.4) is 0 Å². The third-order valence-electron chi connectivity index (χ3n) is 4.11. The number of aliphatic hydroxyl groups is 6. The minimum Gasteiger partial charge on any atom is -0.394 e. The number of aliphatic hydroxyl groups excluding tert-OH is 6. The van der Waals surface area contributed by atoms with Gasteiger partial charge in [-0.05, 0) is 0 Å². The van der Waals surface area contributed by atoms with E-state index in [1.165, 1.54) is 0 Å². The lowest BCUT2D eigenvalue weighted by Gasteiger charge is -2.42. The van der Waals surface area contributed by atoms with Crippen molar-refractivity contribution >= 4 is 0 Å². The molecule has 0 saturated carbocycles. The number of rotatable bonds is 4. The van der Waals surface area contributed by atoms with Crippen molar-refractivity contribution in [3.05, 3.63) is 0 Å². The Morgan fingerprint density at radius 3 is 2.00 bits per heavy atom. The lowest BCUT2D eigenvalue weighted by molar-refractivity contribution is -0.311. The summed E-state index contributed by atoms with van der Waals surface area (Å²) in [7, 11) is 0. The van der Waals surface area contributed by atoms with Gasteiger partial charge in [0.1, 0.15) is 49.0 Å². The molecule has 2 heterocycles. The Morgan fingerprint density at radius 2 is 1.39 bits per heavy atom. The summed E-state index contributed by atoms with van der Waals surface area (Å²) in [5.41, 5.74) is 11.1. The van der Waals surface area contributed by atoms with Crippen LogP contribution in [-0.4, -0.2) is 105 Å². The molecular weight excluding hydrogens is 316 g/mol. The molecule has 136 valence electrons. The first-order valence-corrected chi connectivity index (χ1v) is 7.22. The van der Waals surface area contributed by atoms with E-state index in [9.17, 15) is 25.5 Å². The van der Waals surface area contributed by atoms with Crippen molar-refractivity contribution in [1.82, 2.24) is 0 Å². The molecule has 0 amide bonds. The summed E-state index contributed by atoms with van der Waals surface area (Å²) in [6, 6.07) is -0.964. The van der Waals surface area contributed by atoms with Crippen LogP contribution in [0.4, 0.5) is 0 Å². The van der Waals surface area contributed by atoms with Crippen LogP contribution >= 0.6 is 0 Å². The Bertz CT molecular complexity index is 388. The number of hydrogen-bond donors (Lipinski definition) is 8. The molecule has 0 aliphatic carbocycles. The van der Waals surface area contributed by atoms with Gasteiger partial charge in [0.05, 0.1) is 19.3 Å². The van der Waals surface area contributed by atoms with Gasteiger partial charge >= 0.3 is 0 Å². The fourth-order valence-electron chi connectivity index (χ4n) is 2.55. The molecule has 0 aromatic heterocycles. The number of hydrogen-bond acceptors (Lipinski definition) is 11. The van der Waals surface area contributed by atoms with Crippen LogP contribution in [0, 0.1) is 0 Å². The second kappa shape index (κ2) is 7.63. The van der Waals surface area contributed by atoms with E-state index in [0.717, 1.165) is 0 Å². The quantitative estimate of drug-likeness (QED) is 0.242. The summed E-state index contributed by atoms with van der Waals surface area (Å²) in [4.78, 5) is 0. The molecule has 11 heteroatoms. The van der Waals surface area contributed by atoms with Crippen molar-refractivity contribution in [2.45, 2.75) is 61.3 Å². The SMILES string of the molecule is NC1OC(COC2OC(CO)C(O)C(O)C2O)C(O)C(O)C1N. The van der Waals surface area contributed by atoms with Crippen molar-refractivity contribution in [2.24, 2.45) is 11.5 Å². The van der Waals surface area contributed by atoms with Crippen molar-refractivity contribution in [2.75, 3.05) is 13.2 Å². The molecular formula is C12H24N2O9. The molecule has 2 aliphatic heterocycles. The molecule has 0 spiro atoms. The third kappa shape index (κ3) is 3.81. The first-order chi connectivity index (χ1) is 10.8. The van der Waals surface area contributed by atoms with Gasteiger partial charge in [-0.1, -0.05) is 0 Å². The van der Waals surface area contributed by atoms with Gasteiger partial charge in [0.2, 0.25) is 0 Å². The molecule has 2 fully saturated rings. The maximum absolute atomic E-state index is 9.89. The molecule has 0 aromatic rings. The number of ether oxygens (including phenoxy) is 3. The van der Waals surface area contributed by atoms with Gasteiger partial charge in [-0.2, -0.15) is 0 Å². The van der Waals surface area contributed by atoms with E-state index in [1.807, 2.05) is 0 Å².